The largest absolute Gasteiger partial charge is 0.378 e. The normalized spacial score (nSPS) is 19.3. The lowest BCUT2D eigenvalue weighted by Crippen LogP contribution is -2.47. The number of anilines is 2. The van der Waals surface area contributed by atoms with Crippen LogP contribution in [-0.4, -0.2) is 44.3 Å². The van der Waals surface area contributed by atoms with Crippen LogP contribution in [0.1, 0.15) is 25.7 Å². The first-order chi connectivity index (χ1) is 12.1. The quantitative estimate of drug-likeness (QED) is 0.841. The van der Waals surface area contributed by atoms with Gasteiger partial charge in [-0.1, -0.05) is 11.6 Å². The lowest BCUT2D eigenvalue weighted by atomic mass is 10.00. The molecule has 1 saturated heterocycles. The topological polar surface area (TPSA) is 77.4 Å². The minimum atomic E-state index is -0.694. The van der Waals surface area contributed by atoms with Crippen molar-refractivity contribution in [2.24, 2.45) is 0 Å². The molecule has 0 spiro atoms. The fraction of sp³-hybridized carbons (Fsp3) is 0.556. The fourth-order valence-corrected chi connectivity index (χ4v) is 3.63. The third kappa shape index (κ3) is 4.36. The van der Waals surface area contributed by atoms with Gasteiger partial charge in [0, 0.05) is 18.1 Å². The number of nitrogens with zero attached hydrogens (tertiary/aromatic N) is 2. The van der Waals surface area contributed by atoms with E-state index >= 15 is 0 Å². The molecule has 6 nitrogen and oxygen atoms in total. The van der Waals surface area contributed by atoms with E-state index in [1.54, 1.807) is 0 Å². The monoisotopic (exact) mass is 362 g/mol. The Bertz CT molecular complexity index is 662. The number of hydrogen-bond acceptors (Lipinski definition) is 5. The Morgan fingerprint density at radius 2 is 2.04 bits per heavy atom. The predicted molar refractivity (Wildman–Crippen MR) is 97.9 cm³/mol. The Labute approximate surface area is 153 Å². The molecule has 2 fully saturated rings. The van der Waals surface area contributed by atoms with E-state index in [1.165, 1.54) is 0 Å². The summed E-state index contributed by atoms with van der Waals surface area (Å²) < 4.78 is 5.40. The predicted octanol–water partition coefficient (Wildman–Crippen LogP) is 2.54. The van der Waals surface area contributed by atoms with E-state index in [0.29, 0.717) is 18.2 Å². The first-order valence-electron chi connectivity index (χ1n) is 8.70. The second kappa shape index (κ2) is 7.94. The third-order valence-corrected chi connectivity index (χ3v) is 5.03. The highest BCUT2D eigenvalue weighted by Gasteiger charge is 2.35. The number of benzene rings is 1. The summed E-state index contributed by atoms with van der Waals surface area (Å²) in [4.78, 5) is 14.5. The molecular weight excluding hydrogens is 340 g/mol. The summed E-state index contributed by atoms with van der Waals surface area (Å²) in [7, 11) is 0. The van der Waals surface area contributed by atoms with E-state index in [1.807, 2.05) is 18.2 Å². The van der Waals surface area contributed by atoms with Gasteiger partial charge in [-0.15, -0.1) is 0 Å². The zero-order valence-electron chi connectivity index (χ0n) is 14.2. The molecule has 0 unspecified atom stereocenters. The Morgan fingerprint density at radius 3 is 2.72 bits per heavy atom. The smallest absolute Gasteiger partial charge is 0.240 e. The second-order valence-corrected chi connectivity index (χ2v) is 7.00. The van der Waals surface area contributed by atoms with Gasteiger partial charge >= 0.3 is 0 Å². The molecule has 1 saturated carbocycles. The number of nitrogens with one attached hydrogen (secondary N) is 2. The Hall–Kier alpha value is -1.97. The number of rotatable bonds is 5. The maximum absolute atomic E-state index is 12.3. The summed E-state index contributed by atoms with van der Waals surface area (Å²) in [6.07, 6.45) is 3.42. The molecule has 0 bridgehead atoms. The van der Waals surface area contributed by atoms with Crippen molar-refractivity contribution in [3.8, 4) is 6.07 Å². The molecule has 1 amide bonds. The molecule has 1 aromatic rings. The van der Waals surface area contributed by atoms with Gasteiger partial charge in [0.05, 0.1) is 37.2 Å². The number of ether oxygens (including phenoxy) is 1. The van der Waals surface area contributed by atoms with Crippen LogP contribution in [-0.2, 0) is 9.53 Å². The van der Waals surface area contributed by atoms with Crippen LogP contribution >= 0.6 is 11.6 Å². The van der Waals surface area contributed by atoms with Gasteiger partial charge < -0.3 is 20.3 Å². The molecule has 25 heavy (non-hydrogen) atoms. The average Bonchev–Trinajstić information content (AvgIpc) is 3.10. The average molecular weight is 363 g/mol. The first-order valence-corrected chi connectivity index (χ1v) is 9.08. The summed E-state index contributed by atoms with van der Waals surface area (Å²) in [6, 6.07) is 7.91. The van der Waals surface area contributed by atoms with Crippen LogP contribution in [0.4, 0.5) is 11.4 Å². The van der Waals surface area contributed by atoms with Gasteiger partial charge in [-0.05, 0) is 43.9 Å². The maximum Gasteiger partial charge on any atom is 0.240 e. The minimum Gasteiger partial charge on any atom is -0.378 e. The molecule has 1 heterocycles. The zero-order valence-corrected chi connectivity index (χ0v) is 14.9. The fourth-order valence-electron chi connectivity index (χ4n) is 3.46. The maximum atomic E-state index is 12.3. The van der Waals surface area contributed by atoms with Crippen molar-refractivity contribution in [1.82, 2.24) is 5.32 Å². The molecular formula is C18H23ClN4O2. The van der Waals surface area contributed by atoms with Gasteiger partial charge in [0.1, 0.15) is 5.54 Å². The molecule has 0 aromatic heterocycles. The molecule has 1 aromatic carbocycles. The molecule has 1 aliphatic carbocycles. The standard InChI is InChI=1S/C18H23ClN4O2/c19-14-3-4-16(23-7-9-25-10-8-23)15(11-14)21-12-17(24)22-18(13-20)5-1-2-6-18/h3-4,11,21H,1-2,5-10,12H2,(H,22,24). The van der Waals surface area contributed by atoms with Crippen LogP contribution in [0.5, 0.6) is 0 Å². The van der Waals surface area contributed by atoms with Crippen molar-refractivity contribution in [3.63, 3.8) is 0 Å². The van der Waals surface area contributed by atoms with Crippen molar-refractivity contribution in [1.29, 1.82) is 5.26 Å². The number of hydrogen-bond donors (Lipinski definition) is 2. The van der Waals surface area contributed by atoms with Crippen molar-refractivity contribution < 1.29 is 9.53 Å². The van der Waals surface area contributed by atoms with E-state index in [0.717, 1.165) is 50.1 Å². The summed E-state index contributed by atoms with van der Waals surface area (Å²) >= 11 is 6.13. The van der Waals surface area contributed by atoms with E-state index in [4.69, 9.17) is 16.3 Å². The molecule has 2 aliphatic rings. The van der Waals surface area contributed by atoms with Crippen molar-refractivity contribution in [2.75, 3.05) is 43.1 Å². The number of halogens is 1. The molecule has 2 N–H and O–H groups in total. The Kier molecular flexibility index (Phi) is 5.67. The van der Waals surface area contributed by atoms with Gasteiger partial charge in [0.2, 0.25) is 5.91 Å². The molecule has 0 atom stereocenters. The highest BCUT2D eigenvalue weighted by atomic mass is 35.5. The van der Waals surface area contributed by atoms with Crippen molar-refractivity contribution in [3.05, 3.63) is 23.2 Å². The SMILES string of the molecule is N#CC1(NC(=O)CNc2cc(Cl)ccc2N2CCOCC2)CCCC1. The second-order valence-electron chi connectivity index (χ2n) is 6.56. The first kappa shape index (κ1) is 17.8. The zero-order chi connectivity index (χ0) is 17.7. The highest BCUT2D eigenvalue weighted by Crippen LogP contribution is 2.30. The summed E-state index contributed by atoms with van der Waals surface area (Å²) in [6.45, 7) is 3.10. The van der Waals surface area contributed by atoms with Crippen LogP contribution < -0.4 is 15.5 Å². The lowest BCUT2D eigenvalue weighted by molar-refractivity contribution is -0.120. The van der Waals surface area contributed by atoms with Gasteiger partial charge in [0.15, 0.2) is 0 Å². The van der Waals surface area contributed by atoms with Crippen molar-refractivity contribution in [2.45, 2.75) is 31.2 Å². The van der Waals surface area contributed by atoms with Gasteiger partial charge in [-0.25, -0.2) is 0 Å². The lowest BCUT2D eigenvalue weighted by Gasteiger charge is -2.31. The number of amides is 1. The molecule has 3 rings (SSSR count). The molecule has 0 radical (unpaired) electrons. The van der Waals surface area contributed by atoms with Gasteiger partial charge in [0.25, 0.3) is 0 Å². The van der Waals surface area contributed by atoms with Crippen LogP contribution in [0.25, 0.3) is 0 Å². The Balaban J connectivity index is 1.65. The Morgan fingerprint density at radius 1 is 1.32 bits per heavy atom. The highest BCUT2D eigenvalue weighted by molar-refractivity contribution is 6.31. The van der Waals surface area contributed by atoms with E-state index in [9.17, 15) is 10.1 Å². The van der Waals surface area contributed by atoms with Crippen LogP contribution in [0, 0.1) is 11.3 Å². The van der Waals surface area contributed by atoms with E-state index in [-0.39, 0.29) is 12.5 Å². The van der Waals surface area contributed by atoms with Crippen LogP contribution in [0.15, 0.2) is 18.2 Å². The molecule has 134 valence electrons. The van der Waals surface area contributed by atoms with Gasteiger partial charge in [-0.2, -0.15) is 5.26 Å². The molecule has 7 heteroatoms. The minimum absolute atomic E-state index is 0.112. The van der Waals surface area contributed by atoms with E-state index in [2.05, 4.69) is 21.6 Å². The van der Waals surface area contributed by atoms with Crippen LogP contribution in [0.2, 0.25) is 5.02 Å². The number of carbonyl (C=O) groups is 1. The number of morpholine rings is 1. The third-order valence-electron chi connectivity index (χ3n) is 4.80. The summed E-state index contributed by atoms with van der Waals surface area (Å²) in [5, 5.41) is 16.1. The summed E-state index contributed by atoms with van der Waals surface area (Å²) in [5.41, 5.74) is 1.14. The summed E-state index contributed by atoms with van der Waals surface area (Å²) in [5.74, 6) is -0.170. The van der Waals surface area contributed by atoms with Crippen LogP contribution in [0.3, 0.4) is 0 Å². The number of nitriles is 1. The number of carbonyl (C=O) groups excluding carboxylic acids is 1. The van der Waals surface area contributed by atoms with Gasteiger partial charge in [-0.3, -0.25) is 4.79 Å². The molecule has 1 aliphatic heterocycles. The van der Waals surface area contributed by atoms with E-state index < -0.39 is 5.54 Å². The van der Waals surface area contributed by atoms with Crippen molar-refractivity contribution >= 4 is 28.9 Å².